The molecule has 1 aromatic heterocycles. The summed E-state index contributed by atoms with van der Waals surface area (Å²) >= 11 is 0. The van der Waals surface area contributed by atoms with Crippen LogP contribution in [0.2, 0.25) is 0 Å². The van der Waals surface area contributed by atoms with E-state index in [9.17, 15) is 8.42 Å². The molecule has 0 aliphatic heterocycles. The monoisotopic (exact) mass is 347 g/mol. The Balaban J connectivity index is 1.97. The highest BCUT2D eigenvalue weighted by molar-refractivity contribution is 7.89. The Morgan fingerprint density at radius 3 is 2.75 bits per heavy atom. The van der Waals surface area contributed by atoms with Crippen molar-refractivity contribution in [2.75, 3.05) is 14.1 Å². The van der Waals surface area contributed by atoms with Gasteiger partial charge >= 0.3 is 0 Å². The van der Waals surface area contributed by atoms with Gasteiger partial charge in [-0.2, -0.15) is 4.98 Å². The zero-order valence-corrected chi connectivity index (χ0v) is 14.9. The number of nitrogens with zero attached hydrogens (tertiary/aromatic N) is 3. The lowest BCUT2D eigenvalue weighted by atomic mass is 9.81. The van der Waals surface area contributed by atoms with Crippen LogP contribution < -0.4 is 0 Å². The normalized spacial score (nSPS) is 21.3. The highest BCUT2D eigenvalue weighted by Gasteiger charge is 2.31. The molecular weight excluding hydrogens is 326 g/mol. The van der Waals surface area contributed by atoms with Crippen LogP contribution in [-0.2, 0) is 15.4 Å². The highest BCUT2D eigenvalue weighted by Crippen LogP contribution is 2.34. The summed E-state index contributed by atoms with van der Waals surface area (Å²) in [5, 5.41) is 4.05. The van der Waals surface area contributed by atoms with Crippen LogP contribution in [0.4, 0.5) is 0 Å². The molecule has 24 heavy (non-hydrogen) atoms. The minimum absolute atomic E-state index is 0.208. The fraction of sp³-hybridized carbons (Fsp3) is 0.412. The molecular formula is C17H21N3O3S. The fourth-order valence-electron chi connectivity index (χ4n) is 2.77. The van der Waals surface area contributed by atoms with Crippen molar-refractivity contribution in [3.8, 4) is 11.4 Å². The molecule has 0 fully saturated rings. The number of allylic oxidation sites excluding steroid dienone is 2. The summed E-state index contributed by atoms with van der Waals surface area (Å²) < 4.78 is 31.2. The van der Waals surface area contributed by atoms with Crippen molar-refractivity contribution in [2.45, 2.75) is 36.5 Å². The van der Waals surface area contributed by atoms with Crippen LogP contribution in [-0.4, -0.2) is 37.0 Å². The number of rotatable bonds is 4. The Bertz CT molecular complexity index is 871. The summed E-state index contributed by atoms with van der Waals surface area (Å²) in [5.41, 5.74) is 0.368. The third-order valence-corrected chi connectivity index (χ3v) is 6.15. The van der Waals surface area contributed by atoms with Crippen molar-refractivity contribution < 1.29 is 12.9 Å². The predicted molar refractivity (Wildman–Crippen MR) is 90.9 cm³/mol. The van der Waals surface area contributed by atoms with Crippen LogP contribution in [0, 0.1) is 0 Å². The summed E-state index contributed by atoms with van der Waals surface area (Å²) in [6.45, 7) is 2.08. The van der Waals surface area contributed by atoms with Crippen molar-refractivity contribution in [2.24, 2.45) is 0 Å². The van der Waals surface area contributed by atoms with E-state index in [0.717, 1.165) is 19.3 Å². The first-order valence-corrected chi connectivity index (χ1v) is 9.32. The molecule has 0 N–H and O–H groups in total. The molecule has 6 nitrogen and oxygen atoms in total. The Labute approximate surface area is 142 Å². The molecule has 7 heteroatoms. The van der Waals surface area contributed by atoms with E-state index < -0.39 is 10.0 Å². The Kier molecular flexibility index (Phi) is 4.31. The van der Waals surface area contributed by atoms with Gasteiger partial charge in [-0.1, -0.05) is 29.4 Å². The third-order valence-electron chi connectivity index (χ3n) is 4.34. The highest BCUT2D eigenvalue weighted by atomic mass is 32.2. The van der Waals surface area contributed by atoms with E-state index in [2.05, 4.69) is 29.2 Å². The average Bonchev–Trinajstić information content (AvgIpc) is 3.06. The Morgan fingerprint density at radius 2 is 2.08 bits per heavy atom. The molecule has 0 spiro atoms. The van der Waals surface area contributed by atoms with Crippen LogP contribution in [0.25, 0.3) is 11.4 Å². The van der Waals surface area contributed by atoms with Crippen molar-refractivity contribution >= 4 is 10.0 Å². The molecule has 2 aromatic rings. The third kappa shape index (κ3) is 3.01. The van der Waals surface area contributed by atoms with Gasteiger partial charge in [0.05, 0.1) is 10.3 Å². The van der Waals surface area contributed by atoms with Crippen molar-refractivity contribution in [1.82, 2.24) is 14.4 Å². The number of hydrogen-bond donors (Lipinski definition) is 0. The number of sulfonamides is 1. The SMILES string of the molecule is CN(C)S(=O)(=O)c1cccc(-c2noc(C3(C)C=CCCC3)n2)c1. The van der Waals surface area contributed by atoms with Gasteiger partial charge in [-0.25, -0.2) is 12.7 Å². The molecule has 0 saturated heterocycles. The van der Waals surface area contributed by atoms with E-state index in [1.165, 1.54) is 18.4 Å². The standard InChI is InChI=1S/C17H21N3O3S/c1-17(10-5-4-6-11-17)16-18-15(19-23-16)13-8-7-9-14(12-13)24(21,22)20(2)3/h5,7-10,12H,4,6,11H2,1-3H3. The Morgan fingerprint density at radius 1 is 1.29 bits per heavy atom. The summed E-state index contributed by atoms with van der Waals surface area (Å²) in [4.78, 5) is 4.71. The number of aromatic nitrogens is 2. The lowest BCUT2D eigenvalue weighted by Gasteiger charge is -2.24. The first-order chi connectivity index (χ1) is 11.3. The second kappa shape index (κ2) is 6.14. The predicted octanol–water partition coefficient (Wildman–Crippen LogP) is 2.98. The van der Waals surface area contributed by atoms with E-state index in [1.807, 2.05) is 0 Å². The first-order valence-electron chi connectivity index (χ1n) is 7.88. The van der Waals surface area contributed by atoms with Crippen molar-refractivity contribution in [3.63, 3.8) is 0 Å². The molecule has 1 aromatic carbocycles. The van der Waals surface area contributed by atoms with Gasteiger partial charge in [0, 0.05) is 19.7 Å². The quantitative estimate of drug-likeness (QED) is 0.795. The molecule has 0 bridgehead atoms. The van der Waals surface area contributed by atoms with Crippen LogP contribution in [0.1, 0.15) is 32.1 Å². The number of hydrogen-bond acceptors (Lipinski definition) is 5. The van der Waals surface area contributed by atoms with Crippen LogP contribution >= 0.6 is 0 Å². The van der Waals surface area contributed by atoms with E-state index in [0.29, 0.717) is 17.3 Å². The maximum atomic E-state index is 12.3. The van der Waals surface area contributed by atoms with Gasteiger partial charge in [0.15, 0.2) is 0 Å². The summed E-state index contributed by atoms with van der Waals surface area (Å²) in [6, 6.07) is 6.60. The fourth-order valence-corrected chi connectivity index (χ4v) is 3.72. The Hall–Kier alpha value is -1.99. The second-order valence-electron chi connectivity index (χ2n) is 6.45. The molecule has 0 saturated carbocycles. The lowest BCUT2D eigenvalue weighted by molar-refractivity contribution is 0.309. The maximum absolute atomic E-state index is 12.3. The molecule has 1 aliphatic carbocycles. The van der Waals surface area contributed by atoms with Crippen molar-refractivity contribution in [3.05, 3.63) is 42.3 Å². The summed E-state index contributed by atoms with van der Waals surface area (Å²) in [5.74, 6) is 0.968. The minimum atomic E-state index is -3.50. The number of benzene rings is 1. The van der Waals surface area contributed by atoms with Crippen LogP contribution in [0.15, 0.2) is 45.8 Å². The van der Waals surface area contributed by atoms with E-state index in [1.54, 1.807) is 24.3 Å². The summed E-state index contributed by atoms with van der Waals surface area (Å²) in [7, 11) is -0.488. The molecule has 1 heterocycles. The average molecular weight is 347 g/mol. The molecule has 128 valence electrons. The molecule has 3 rings (SSSR count). The molecule has 0 radical (unpaired) electrons. The van der Waals surface area contributed by atoms with E-state index >= 15 is 0 Å². The lowest BCUT2D eigenvalue weighted by Crippen LogP contribution is -2.22. The molecule has 1 aliphatic rings. The van der Waals surface area contributed by atoms with Gasteiger partial charge in [0.2, 0.25) is 21.7 Å². The van der Waals surface area contributed by atoms with Gasteiger partial charge in [-0.3, -0.25) is 0 Å². The summed E-state index contributed by atoms with van der Waals surface area (Å²) in [6.07, 6.45) is 7.36. The maximum Gasteiger partial charge on any atom is 0.242 e. The minimum Gasteiger partial charge on any atom is -0.338 e. The van der Waals surface area contributed by atoms with Gasteiger partial charge < -0.3 is 4.52 Å². The zero-order chi connectivity index (χ0) is 17.4. The topological polar surface area (TPSA) is 76.3 Å². The van der Waals surface area contributed by atoms with Gasteiger partial charge in [0.1, 0.15) is 0 Å². The van der Waals surface area contributed by atoms with Gasteiger partial charge in [-0.15, -0.1) is 0 Å². The smallest absolute Gasteiger partial charge is 0.242 e. The van der Waals surface area contributed by atoms with Gasteiger partial charge in [0.25, 0.3) is 0 Å². The molecule has 0 amide bonds. The zero-order valence-electron chi connectivity index (χ0n) is 14.1. The second-order valence-corrected chi connectivity index (χ2v) is 8.60. The van der Waals surface area contributed by atoms with E-state index in [4.69, 9.17) is 4.52 Å². The van der Waals surface area contributed by atoms with Gasteiger partial charge in [-0.05, 0) is 38.3 Å². The van der Waals surface area contributed by atoms with E-state index in [-0.39, 0.29) is 10.3 Å². The first kappa shape index (κ1) is 16.9. The van der Waals surface area contributed by atoms with Crippen LogP contribution in [0.5, 0.6) is 0 Å². The van der Waals surface area contributed by atoms with Crippen LogP contribution in [0.3, 0.4) is 0 Å². The molecule has 1 unspecified atom stereocenters. The van der Waals surface area contributed by atoms with Crippen molar-refractivity contribution in [1.29, 1.82) is 0 Å². The molecule has 1 atom stereocenters. The largest absolute Gasteiger partial charge is 0.338 e.